The van der Waals surface area contributed by atoms with Gasteiger partial charge >= 0.3 is 0 Å². The van der Waals surface area contributed by atoms with Gasteiger partial charge in [-0.05, 0) is 36.8 Å². The number of ether oxygens (including phenoxy) is 1. The molecule has 4 heteroatoms. The smallest absolute Gasteiger partial charge is 0.199 e. The molecule has 0 spiro atoms. The maximum atomic E-state index is 13.9. The van der Waals surface area contributed by atoms with Crippen LogP contribution in [0.2, 0.25) is 0 Å². The number of hydrogen-bond donors (Lipinski definition) is 0. The summed E-state index contributed by atoms with van der Waals surface area (Å²) < 4.78 is 32.2. The molecule has 0 aromatic heterocycles. The Hall–Kier alpha value is -2.23. The Labute approximate surface area is 109 Å². The minimum atomic E-state index is -0.599. The Bertz CT molecular complexity index is 636. The molecule has 0 saturated carbocycles. The van der Waals surface area contributed by atoms with E-state index >= 15 is 0 Å². The number of carbonyl (C=O) groups excluding carboxylic acids is 1. The van der Waals surface area contributed by atoms with Gasteiger partial charge in [-0.2, -0.15) is 0 Å². The van der Waals surface area contributed by atoms with Crippen LogP contribution in [-0.4, -0.2) is 12.9 Å². The van der Waals surface area contributed by atoms with Crippen molar-refractivity contribution in [1.82, 2.24) is 0 Å². The predicted molar refractivity (Wildman–Crippen MR) is 67.5 cm³/mol. The summed E-state index contributed by atoms with van der Waals surface area (Å²) in [6.07, 6.45) is 0. The van der Waals surface area contributed by atoms with Crippen molar-refractivity contribution in [3.63, 3.8) is 0 Å². The van der Waals surface area contributed by atoms with Crippen LogP contribution in [0.25, 0.3) is 0 Å². The highest BCUT2D eigenvalue weighted by atomic mass is 19.1. The van der Waals surface area contributed by atoms with Crippen molar-refractivity contribution in [2.45, 2.75) is 6.92 Å². The normalized spacial score (nSPS) is 10.3. The summed E-state index contributed by atoms with van der Waals surface area (Å²) in [7, 11) is 1.37. The van der Waals surface area contributed by atoms with E-state index in [0.29, 0.717) is 5.56 Å². The van der Waals surface area contributed by atoms with Crippen molar-refractivity contribution >= 4 is 5.78 Å². The zero-order chi connectivity index (χ0) is 14.0. The monoisotopic (exact) mass is 262 g/mol. The van der Waals surface area contributed by atoms with E-state index in [2.05, 4.69) is 0 Å². The average molecular weight is 262 g/mol. The molecule has 0 aliphatic rings. The van der Waals surface area contributed by atoms with Gasteiger partial charge in [0.2, 0.25) is 0 Å². The maximum Gasteiger partial charge on any atom is 0.199 e. The maximum absolute atomic E-state index is 13.9. The Balaban J connectivity index is 2.56. The van der Waals surface area contributed by atoms with Crippen LogP contribution in [0.1, 0.15) is 21.5 Å². The Morgan fingerprint density at radius 3 is 2.53 bits per heavy atom. The third-order valence-electron chi connectivity index (χ3n) is 2.84. The lowest BCUT2D eigenvalue weighted by molar-refractivity contribution is 0.103. The van der Waals surface area contributed by atoms with Crippen molar-refractivity contribution in [1.29, 1.82) is 0 Å². The SMILES string of the molecule is COc1ccc(F)cc1C(=O)c1cccc(C)c1F. The van der Waals surface area contributed by atoms with Crippen LogP contribution in [0.4, 0.5) is 8.78 Å². The molecule has 98 valence electrons. The fourth-order valence-electron chi connectivity index (χ4n) is 1.83. The van der Waals surface area contributed by atoms with Gasteiger partial charge in [-0.3, -0.25) is 4.79 Å². The van der Waals surface area contributed by atoms with E-state index in [1.54, 1.807) is 19.1 Å². The molecule has 0 aliphatic carbocycles. The van der Waals surface area contributed by atoms with Crippen molar-refractivity contribution in [2.75, 3.05) is 7.11 Å². The molecular formula is C15H12F2O2. The molecule has 0 saturated heterocycles. The number of aryl methyl sites for hydroxylation is 1. The molecule has 2 aromatic rings. The quantitative estimate of drug-likeness (QED) is 0.791. The van der Waals surface area contributed by atoms with Gasteiger partial charge < -0.3 is 4.74 Å². The van der Waals surface area contributed by atoms with E-state index < -0.39 is 17.4 Å². The number of rotatable bonds is 3. The van der Waals surface area contributed by atoms with E-state index in [9.17, 15) is 13.6 Å². The minimum Gasteiger partial charge on any atom is -0.496 e. The first-order valence-corrected chi connectivity index (χ1v) is 5.68. The highest BCUT2D eigenvalue weighted by Crippen LogP contribution is 2.24. The summed E-state index contributed by atoms with van der Waals surface area (Å²) in [4.78, 5) is 12.3. The van der Waals surface area contributed by atoms with Crippen molar-refractivity contribution in [3.8, 4) is 5.75 Å². The highest BCUT2D eigenvalue weighted by Gasteiger charge is 2.19. The van der Waals surface area contributed by atoms with E-state index in [1.807, 2.05) is 0 Å². The lowest BCUT2D eigenvalue weighted by Gasteiger charge is -2.09. The van der Waals surface area contributed by atoms with E-state index in [-0.39, 0.29) is 16.9 Å². The van der Waals surface area contributed by atoms with Crippen LogP contribution in [-0.2, 0) is 0 Å². The minimum absolute atomic E-state index is 0.00648. The lowest BCUT2D eigenvalue weighted by Crippen LogP contribution is -2.07. The highest BCUT2D eigenvalue weighted by molar-refractivity contribution is 6.11. The standard InChI is InChI=1S/C15H12F2O2/c1-9-4-3-5-11(14(9)17)15(18)12-8-10(16)6-7-13(12)19-2/h3-8H,1-2H3. The Morgan fingerprint density at radius 2 is 1.84 bits per heavy atom. The summed E-state index contributed by atoms with van der Waals surface area (Å²) in [6, 6.07) is 8.09. The summed E-state index contributed by atoms with van der Waals surface area (Å²) in [6.45, 7) is 1.56. The van der Waals surface area contributed by atoms with Crippen molar-refractivity contribution in [3.05, 3.63) is 64.7 Å². The van der Waals surface area contributed by atoms with Crippen LogP contribution in [0, 0.1) is 18.6 Å². The number of halogens is 2. The first-order chi connectivity index (χ1) is 9.04. The topological polar surface area (TPSA) is 26.3 Å². The second-order valence-corrected chi connectivity index (χ2v) is 4.11. The van der Waals surface area contributed by atoms with E-state index in [4.69, 9.17) is 4.74 Å². The second kappa shape index (κ2) is 5.18. The predicted octanol–water partition coefficient (Wildman–Crippen LogP) is 3.51. The van der Waals surface area contributed by atoms with Crippen LogP contribution in [0.3, 0.4) is 0 Å². The van der Waals surface area contributed by atoms with Crippen LogP contribution >= 0.6 is 0 Å². The molecule has 0 bridgehead atoms. The van der Waals surface area contributed by atoms with Crippen LogP contribution in [0.15, 0.2) is 36.4 Å². The number of carbonyl (C=O) groups is 1. The Kier molecular flexibility index (Phi) is 3.60. The number of hydrogen-bond acceptors (Lipinski definition) is 2. The summed E-state index contributed by atoms with van der Waals surface area (Å²) in [5.41, 5.74) is 0.275. The van der Waals surface area contributed by atoms with Gasteiger partial charge in [0.15, 0.2) is 5.78 Å². The number of methoxy groups -OCH3 is 1. The number of ketones is 1. The lowest BCUT2D eigenvalue weighted by atomic mass is 10.00. The molecule has 0 amide bonds. The average Bonchev–Trinajstić information content (AvgIpc) is 2.41. The molecule has 0 radical (unpaired) electrons. The van der Waals surface area contributed by atoms with Crippen LogP contribution < -0.4 is 4.74 Å². The third kappa shape index (κ3) is 2.47. The molecule has 2 rings (SSSR count). The van der Waals surface area contributed by atoms with Gasteiger partial charge in [-0.15, -0.1) is 0 Å². The summed E-state index contributed by atoms with van der Waals surface area (Å²) in [5, 5.41) is 0. The molecule has 0 heterocycles. The molecule has 2 nitrogen and oxygen atoms in total. The zero-order valence-corrected chi connectivity index (χ0v) is 10.5. The van der Waals surface area contributed by atoms with Gasteiger partial charge in [-0.25, -0.2) is 8.78 Å². The largest absolute Gasteiger partial charge is 0.496 e. The fourth-order valence-corrected chi connectivity index (χ4v) is 1.83. The zero-order valence-electron chi connectivity index (χ0n) is 10.5. The van der Waals surface area contributed by atoms with Crippen LogP contribution in [0.5, 0.6) is 5.75 Å². The fraction of sp³-hybridized carbons (Fsp3) is 0.133. The summed E-state index contributed by atoms with van der Waals surface area (Å²) >= 11 is 0. The van der Waals surface area contributed by atoms with Crippen molar-refractivity contribution < 1.29 is 18.3 Å². The van der Waals surface area contributed by atoms with Gasteiger partial charge in [0, 0.05) is 0 Å². The van der Waals surface area contributed by atoms with E-state index in [1.165, 1.54) is 25.3 Å². The van der Waals surface area contributed by atoms with Gasteiger partial charge in [0.25, 0.3) is 0 Å². The third-order valence-corrected chi connectivity index (χ3v) is 2.84. The molecule has 19 heavy (non-hydrogen) atoms. The van der Waals surface area contributed by atoms with Gasteiger partial charge in [0.1, 0.15) is 17.4 Å². The summed E-state index contributed by atoms with van der Waals surface area (Å²) in [5.74, 6) is -1.55. The molecule has 2 aromatic carbocycles. The van der Waals surface area contributed by atoms with Crippen molar-refractivity contribution in [2.24, 2.45) is 0 Å². The molecule has 0 atom stereocenters. The molecule has 0 N–H and O–H groups in total. The molecule has 0 aliphatic heterocycles. The first-order valence-electron chi connectivity index (χ1n) is 5.68. The van der Waals surface area contributed by atoms with Gasteiger partial charge in [-0.1, -0.05) is 12.1 Å². The Morgan fingerprint density at radius 1 is 1.11 bits per heavy atom. The van der Waals surface area contributed by atoms with E-state index in [0.717, 1.165) is 6.07 Å². The first kappa shape index (κ1) is 13.2. The molecule has 0 unspecified atom stereocenters. The molecular weight excluding hydrogens is 250 g/mol. The van der Waals surface area contributed by atoms with Gasteiger partial charge in [0.05, 0.1) is 18.2 Å². The number of benzene rings is 2. The molecule has 0 fully saturated rings. The second-order valence-electron chi connectivity index (χ2n) is 4.11.